The van der Waals surface area contributed by atoms with E-state index in [9.17, 15) is 0 Å². The van der Waals surface area contributed by atoms with Gasteiger partial charge in [-0.25, -0.2) is 0 Å². The van der Waals surface area contributed by atoms with Gasteiger partial charge < -0.3 is 5.32 Å². The molecular weight excluding hydrogens is 333 g/mol. The molecule has 2 rings (SSSR count). The molecule has 1 unspecified atom stereocenters. The zero-order valence-electron chi connectivity index (χ0n) is 10.5. The van der Waals surface area contributed by atoms with Crippen molar-refractivity contribution in [2.75, 3.05) is 5.32 Å². The van der Waals surface area contributed by atoms with Gasteiger partial charge in [-0.3, -0.25) is 0 Å². The van der Waals surface area contributed by atoms with Crippen molar-refractivity contribution >= 4 is 44.8 Å². The first-order valence-corrected chi connectivity index (χ1v) is 8.04. The van der Waals surface area contributed by atoms with Crippen LogP contribution in [0.1, 0.15) is 39.0 Å². The molecule has 1 atom stereocenters. The molecule has 0 aliphatic heterocycles. The molecule has 100 valence electrons. The van der Waals surface area contributed by atoms with Gasteiger partial charge in [-0.15, -0.1) is 0 Å². The van der Waals surface area contributed by atoms with Crippen LogP contribution in [0.2, 0.25) is 10.0 Å². The first-order chi connectivity index (χ1) is 8.59. The fourth-order valence-corrected chi connectivity index (χ4v) is 3.46. The number of rotatable bonds is 3. The summed E-state index contributed by atoms with van der Waals surface area (Å²) < 4.78 is 0.838. The SMILES string of the molecule is CC(Nc1ccc(Br)c(Cl)c1Cl)C1CCCCC1. The van der Waals surface area contributed by atoms with Gasteiger partial charge in [-0.1, -0.05) is 42.5 Å². The Labute approximate surface area is 127 Å². The molecule has 18 heavy (non-hydrogen) atoms. The lowest BCUT2D eigenvalue weighted by Gasteiger charge is -2.29. The highest BCUT2D eigenvalue weighted by Crippen LogP contribution is 2.37. The topological polar surface area (TPSA) is 12.0 Å². The Hall–Kier alpha value is 0.0800. The smallest absolute Gasteiger partial charge is 0.0835 e. The second-order valence-corrected chi connectivity index (χ2v) is 6.66. The van der Waals surface area contributed by atoms with E-state index in [2.05, 4.69) is 28.2 Å². The van der Waals surface area contributed by atoms with Crippen LogP contribution in [0.25, 0.3) is 0 Å². The van der Waals surface area contributed by atoms with Crippen molar-refractivity contribution in [3.05, 3.63) is 26.7 Å². The molecule has 1 fully saturated rings. The fourth-order valence-electron chi connectivity index (χ4n) is 2.63. The molecule has 1 aliphatic rings. The van der Waals surface area contributed by atoms with Crippen LogP contribution < -0.4 is 5.32 Å². The van der Waals surface area contributed by atoms with Crippen LogP contribution in [0.3, 0.4) is 0 Å². The maximum atomic E-state index is 6.26. The van der Waals surface area contributed by atoms with E-state index in [1.807, 2.05) is 12.1 Å². The summed E-state index contributed by atoms with van der Waals surface area (Å²) in [6.45, 7) is 2.24. The molecule has 0 aromatic heterocycles. The average Bonchev–Trinajstić information content (AvgIpc) is 2.40. The summed E-state index contributed by atoms with van der Waals surface area (Å²) in [7, 11) is 0. The minimum absolute atomic E-state index is 0.444. The van der Waals surface area contributed by atoms with Gasteiger partial charge in [0.1, 0.15) is 0 Å². The van der Waals surface area contributed by atoms with Crippen LogP contribution in [-0.4, -0.2) is 6.04 Å². The van der Waals surface area contributed by atoms with Crippen LogP contribution in [0.5, 0.6) is 0 Å². The quantitative estimate of drug-likeness (QED) is 0.646. The lowest BCUT2D eigenvalue weighted by molar-refractivity contribution is 0.328. The van der Waals surface area contributed by atoms with Crippen LogP contribution in [0, 0.1) is 5.92 Å². The minimum atomic E-state index is 0.444. The van der Waals surface area contributed by atoms with Crippen molar-refractivity contribution in [3.63, 3.8) is 0 Å². The molecule has 0 radical (unpaired) electrons. The van der Waals surface area contributed by atoms with E-state index in [4.69, 9.17) is 23.2 Å². The Balaban J connectivity index is 2.06. The molecule has 1 aliphatic carbocycles. The summed E-state index contributed by atoms with van der Waals surface area (Å²) in [6.07, 6.45) is 6.72. The van der Waals surface area contributed by atoms with Crippen molar-refractivity contribution < 1.29 is 0 Å². The Kier molecular flexibility index (Phi) is 5.23. The summed E-state index contributed by atoms with van der Waals surface area (Å²) in [4.78, 5) is 0. The lowest BCUT2D eigenvalue weighted by Crippen LogP contribution is -2.27. The number of anilines is 1. The summed E-state index contributed by atoms with van der Waals surface area (Å²) in [6, 6.07) is 4.36. The third kappa shape index (κ3) is 3.34. The Bertz CT molecular complexity index is 417. The maximum Gasteiger partial charge on any atom is 0.0835 e. The molecule has 0 heterocycles. The molecule has 1 nitrogen and oxygen atoms in total. The summed E-state index contributed by atoms with van der Waals surface area (Å²) in [5.41, 5.74) is 0.933. The number of nitrogens with one attached hydrogen (secondary N) is 1. The maximum absolute atomic E-state index is 6.26. The third-order valence-corrected chi connectivity index (χ3v) is 5.55. The van der Waals surface area contributed by atoms with Crippen molar-refractivity contribution in [2.45, 2.75) is 45.1 Å². The Morgan fingerprint density at radius 1 is 1.17 bits per heavy atom. The van der Waals surface area contributed by atoms with Crippen LogP contribution in [-0.2, 0) is 0 Å². The molecule has 0 spiro atoms. The number of hydrogen-bond donors (Lipinski definition) is 1. The molecule has 1 aromatic carbocycles. The predicted molar refractivity (Wildman–Crippen MR) is 83.8 cm³/mol. The Morgan fingerprint density at radius 3 is 2.50 bits per heavy atom. The second kappa shape index (κ2) is 6.49. The highest BCUT2D eigenvalue weighted by Gasteiger charge is 2.21. The highest BCUT2D eigenvalue weighted by molar-refractivity contribution is 9.10. The van der Waals surface area contributed by atoms with Crippen LogP contribution in [0.15, 0.2) is 16.6 Å². The lowest BCUT2D eigenvalue weighted by atomic mass is 9.84. The van der Waals surface area contributed by atoms with Gasteiger partial charge in [0.05, 0.1) is 15.7 Å². The number of hydrogen-bond acceptors (Lipinski definition) is 1. The van der Waals surface area contributed by atoms with Crippen LogP contribution >= 0.6 is 39.1 Å². The van der Waals surface area contributed by atoms with Crippen molar-refractivity contribution in [3.8, 4) is 0 Å². The van der Waals surface area contributed by atoms with Gasteiger partial charge in [0.15, 0.2) is 0 Å². The number of halogens is 3. The molecule has 1 saturated carbocycles. The van der Waals surface area contributed by atoms with E-state index in [1.54, 1.807) is 0 Å². The monoisotopic (exact) mass is 349 g/mol. The van der Waals surface area contributed by atoms with E-state index in [0.717, 1.165) is 16.1 Å². The zero-order chi connectivity index (χ0) is 13.1. The summed E-state index contributed by atoms with van der Waals surface area (Å²) in [5.74, 6) is 0.747. The molecule has 0 bridgehead atoms. The molecule has 1 aromatic rings. The third-order valence-electron chi connectivity index (χ3n) is 3.78. The van der Waals surface area contributed by atoms with E-state index < -0.39 is 0 Å². The summed E-state index contributed by atoms with van der Waals surface area (Å²) >= 11 is 15.8. The van der Waals surface area contributed by atoms with Gasteiger partial charge >= 0.3 is 0 Å². The van der Waals surface area contributed by atoms with Gasteiger partial charge in [0, 0.05) is 10.5 Å². The first kappa shape index (κ1) is 14.5. The van der Waals surface area contributed by atoms with Gasteiger partial charge in [-0.05, 0) is 53.7 Å². The van der Waals surface area contributed by atoms with Crippen molar-refractivity contribution in [1.29, 1.82) is 0 Å². The minimum Gasteiger partial charge on any atom is -0.381 e. The van der Waals surface area contributed by atoms with E-state index in [-0.39, 0.29) is 0 Å². The van der Waals surface area contributed by atoms with E-state index in [1.165, 1.54) is 32.1 Å². The van der Waals surface area contributed by atoms with E-state index in [0.29, 0.717) is 16.1 Å². The standard InChI is InChI=1S/C14H18BrCl2N/c1-9(10-5-3-2-4-6-10)18-12-8-7-11(15)13(16)14(12)17/h7-10,18H,2-6H2,1H3. The number of benzene rings is 1. The van der Waals surface area contributed by atoms with Crippen molar-refractivity contribution in [1.82, 2.24) is 0 Å². The Morgan fingerprint density at radius 2 is 1.83 bits per heavy atom. The van der Waals surface area contributed by atoms with Gasteiger partial charge in [0.2, 0.25) is 0 Å². The molecule has 1 N–H and O–H groups in total. The highest BCUT2D eigenvalue weighted by atomic mass is 79.9. The molecule has 0 amide bonds. The molecular formula is C14H18BrCl2N. The normalized spacial score (nSPS) is 18.7. The van der Waals surface area contributed by atoms with Crippen molar-refractivity contribution in [2.24, 2.45) is 5.92 Å². The average molecular weight is 351 g/mol. The first-order valence-electron chi connectivity index (χ1n) is 6.49. The predicted octanol–water partition coefficient (Wildman–Crippen LogP) is 6.14. The van der Waals surface area contributed by atoms with Gasteiger partial charge in [0.25, 0.3) is 0 Å². The summed E-state index contributed by atoms with van der Waals surface area (Å²) in [5, 5.41) is 4.70. The zero-order valence-corrected chi connectivity index (χ0v) is 13.6. The fraction of sp³-hybridized carbons (Fsp3) is 0.571. The second-order valence-electron chi connectivity index (χ2n) is 5.05. The molecule has 0 saturated heterocycles. The largest absolute Gasteiger partial charge is 0.381 e. The van der Waals surface area contributed by atoms with Gasteiger partial charge in [-0.2, -0.15) is 0 Å². The van der Waals surface area contributed by atoms with Crippen LogP contribution in [0.4, 0.5) is 5.69 Å². The molecule has 4 heteroatoms. The van der Waals surface area contributed by atoms with E-state index >= 15 is 0 Å².